The fourth-order valence-corrected chi connectivity index (χ4v) is 9.76. The van der Waals surface area contributed by atoms with Crippen LogP contribution in [0.15, 0.2) is 48.5 Å². The van der Waals surface area contributed by atoms with Gasteiger partial charge in [-0.25, -0.2) is 0 Å². The summed E-state index contributed by atoms with van der Waals surface area (Å²) in [5, 5.41) is 0. The number of methoxy groups -OCH3 is 2. The lowest BCUT2D eigenvalue weighted by molar-refractivity contribution is -0.960. The second kappa shape index (κ2) is 17.6. The highest BCUT2D eigenvalue weighted by molar-refractivity contribution is 5.91. The van der Waals surface area contributed by atoms with Gasteiger partial charge in [-0.05, 0) is 101 Å². The van der Waals surface area contributed by atoms with Crippen molar-refractivity contribution >= 4 is 0 Å². The minimum absolute atomic E-state index is 0. The Morgan fingerprint density at radius 3 is 1.08 bits per heavy atom. The summed E-state index contributed by atoms with van der Waals surface area (Å²) in [5.74, 6) is 0.144. The number of hydrogen-bond donors (Lipinski definition) is 0. The average Bonchev–Trinajstić information content (AvgIpc) is 3.30. The first-order chi connectivity index (χ1) is 29.2. The Bertz CT molecular complexity index is 2190. The Kier molecular flexibility index (Phi) is 14.1. The van der Waals surface area contributed by atoms with Crippen LogP contribution in [0.1, 0.15) is 125 Å². The maximum absolute atomic E-state index is 14.6. The SMILES string of the molecule is COc1c(C(C)(C)C)cc2c(c1-c1cc(C(F)(F)F)cc(C(F)(F)F)c1)C[N+](C)([C@H](C)C1CCCCC1)Cc1c-2cc(C(C)(C)C)c(OC)c1-c1cc(C(F)(F)F)cc(C(F)(F)F)c1.[Br-]. The highest BCUT2D eigenvalue weighted by Crippen LogP contribution is 2.56. The van der Waals surface area contributed by atoms with E-state index in [2.05, 4.69) is 0 Å². The molecule has 1 aliphatic heterocycles. The van der Waals surface area contributed by atoms with Crippen LogP contribution in [0.5, 0.6) is 11.5 Å². The van der Waals surface area contributed by atoms with E-state index in [1.807, 2.05) is 14.0 Å². The van der Waals surface area contributed by atoms with Crippen molar-refractivity contribution in [2.75, 3.05) is 21.3 Å². The van der Waals surface area contributed by atoms with Crippen LogP contribution >= 0.6 is 0 Å². The normalized spacial score (nSPS) is 16.8. The van der Waals surface area contributed by atoms with Crippen LogP contribution in [0.25, 0.3) is 33.4 Å². The number of nitrogens with zero attached hydrogens (tertiary/aromatic N) is 1. The predicted molar refractivity (Wildman–Crippen MR) is 223 cm³/mol. The van der Waals surface area contributed by atoms with E-state index in [1.165, 1.54) is 14.2 Å². The second-order valence-corrected chi connectivity index (χ2v) is 19.7. The lowest BCUT2D eigenvalue weighted by Gasteiger charge is -2.45. The smallest absolute Gasteiger partial charge is 0.416 e. The molecule has 0 bridgehead atoms. The molecule has 1 fully saturated rings. The quantitative estimate of drug-likeness (QED) is 0.142. The molecule has 4 aromatic carbocycles. The van der Waals surface area contributed by atoms with Gasteiger partial charge in [0, 0.05) is 39.3 Å². The number of hydrogen-bond acceptors (Lipinski definition) is 2. The number of fused-ring (bicyclic) bond motifs is 3. The van der Waals surface area contributed by atoms with Crippen LogP contribution in [0, 0.1) is 5.92 Å². The molecule has 358 valence electrons. The summed E-state index contributed by atoms with van der Waals surface area (Å²) in [5.41, 5.74) is -6.69. The standard InChI is InChI=1S/C49H54F12NO2.BrH/c1-26(27-14-12-11-13-15-27)62(8)24-36-34(22-38(44(2,3)4)42(63-9)40(36)28-16-30(46(50,51)52)20-31(17-28)47(53,54)55)35-23-39(45(5,6)7)43(64-10)41(37(35)25-62)29-18-32(48(56,57)58)21-33(19-29)49(59,60)61;/h16-23,26-27H,11-15,24-25H2,1-10H3;1H/q+1;/p-1/t26-;/m1./s1. The van der Waals surface area contributed by atoms with E-state index in [0.29, 0.717) is 57.6 Å². The zero-order chi connectivity index (χ0) is 47.9. The highest BCUT2D eigenvalue weighted by atomic mass is 79.9. The Balaban J connectivity index is 0.00000793. The van der Waals surface area contributed by atoms with Crippen molar-refractivity contribution in [2.45, 2.75) is 135 Å². The highest BCUT2D eigenvalue weighted by Gasteiger charge is 2.46. The molecule has 0 aromatic heterocycles. The molecule has 0 N–H and O–H groups in total. The molecule has 1 atom stereocenters. The monoisotopic (exact) mass is 995 g/mol. The fraction of sp³-hybridized carbons (Fsp3) is 0.510. The molecule has 0 spiro atoms. The molecule has 16 heteroatoms. The topological polar surface area (TPSA) is 18.5 Å². The first-order valence-electron chi connectivity index (χ1n) is 21.1. The third kappa shape index (κ3) is 10.3. The molecule has 0 radical (unpaired) electrons. The summed E-state index contributed by atoms with van der Waals surface area (Å²) in [4.78, 5) is 0. The Hall–Kier alpha value is -3.92. The number of rotatable bonds is 6. The summed E-state index contributed by atoms with van der Waals surface area (Å²) in [6, 6.07) is 6.02. The molecule has 3 nitrogen and oxygen atoms in total. The van der Waals surface area contributed by atoms with Gasteiger partial charge in [-0.15, -0.1) is 0 Å². The molecule has 1 heterocycles. The van der Waals surface area contributed by atoms with Crippen molar-refractivity contribution < 1.29 is 83.6 Å². The summed E-state index contributed by atoms with van der Waals surface area (Å²) in [6.07, 6.45) is -16.4. The van der Waals surface area contributed by atoms with Crippen LogP contribution in [0.3, 0.4) is 0 Å². The van der Waals surface area contributed by atoms with Gasteiger partial charge in [0.05, 0.1) is 49.6 Å². The third-order valence-electron chi connectivity index (χ3n) is 13.2. The van der Waals surface area contributed by atoms with Gasteiger partial charge in [-0.2, -0.15) is 52.7 Å². The summed E-state index contributed by atoms with van der Waals surface area (Å²) in [6.45, 7) is 12.7. The van der Waals surface area contributed by atoms with Crippen LogP contribution < -0.4 is 26.5 Å². The summed E-state index contributed by atoms with van der Waals surface area (Å²) in [7, 11) is 4.45. The van der Waals surface area contributed by atoms with E-state index in [9.17, 15) is 52.7 Å². The maximum Gasteiger partial charge on any atom is 0.416 e. The van der Waals surface area contributed by atoms with Crippen molar-refractivity contribution in [2.24, 2.45) is 5.92 Å². The van der Waals surface area contributed by atoms with Crippen molar-refractivity contribution in [1.82, 2.24) is 0 Å². The second-order valence-electron chi connectivity index (χ2n) is 19.7. The minimum atomic E-state index is -5.19. The zero-order valence-corrected chi connectivity index (χ0v) is 39.5. The van der Waals surface area contributed by atoms with Crippen molar-refractivity contribution in [1.29, 1.82) is 0 Å². The summed E-state index contributed by atoms with van der Waals surface area (Å²) >= 11 is 0. The van der Waals surface area contributed by atoms with Gasteiger partial charge in [0.15, 0.2) is 0 Å². The van der Waals surface area contributed by atoms with Crippen molar-refractivity contribution in [3.63, 3.8) is 0 Å². The van der Waals surface area contributed by atoms with Gasteiger partial charge >= 0.3 is 24.7 Å². The van der Waals surface area contributed by atoms with Gasteiger partial charge in [0.25, 0.3) is 0 Å². The molecule has 2 aliphatic rings. The predicted octanol–water partition coefficient (Wildman–Crippen LogP) is 12.8. The molecule has 65 heavy (non-hydrogen) atoms. The number of alkyl halides is 12. The first kappa shape index (κ1) is 52.1. The van der Waals surface area contributed by atoms with Gasteiger partial charge in [-0.1, -0.05) is 60.8 Å². The zero-order valence-electron chi connectivity index (χ0n) is 37.9. The maximum atomic E-state index is 14.6. The lowest BCUT2D eigenvalue weighted by Crippen LogP contribution is -3.00. The van der Waals surface area contributed by atoms with E-state index >= 15 is 0 Å². The molecule has 0 amide bonds. The number of benzene rings is 4. The number of halogens is 13. The first-order valence-corrected chi connectivity index (χ1v) is 21.1. The van der Waals surface area contributed by atoms with Crippen LogP contribution in [0.2, 0.25) is 0 Å². The number of quaternary nitrogens is 1. The van der Waals surface area contributed by atoms with Crippen LogP contribution in [-0.2, 0) is 48.6 Å². The largest absolute Gasteiger partial charge is 1.00 e. The fourth-order valence-electron chi connectivity index (χ4n) is 9.76. The molecule has 4 aromatic rings. The Labute approximate surface area is 382 Å². The van der Waals surface area contributed by atoms with Gasteiger partial charge < -0.3 is 30.9 Å². The molecule has 6 rings (SSSR count). The average molecular weight is 997 g/mol. The lowest BCUT2D eigenvalue weighted by atomic mass is 9.76. The van der Waals surface area contributed by atoms with E-state index in [1.54, 1.807) is 53.7 Å². The van der Waals surface area contributed by atoms with Gasteiger partial charge in [-0.3, -0.25) is 0 Å². The Morgan fingerprint density at radius 2 is 0.815 bits per heavy atom. The van der Waals surface area contributed by atoms with E-state index < -0.39 is 68.9 Å². The van der Waals surface area contributed by atoms with Crippen LogP contribution in [-0.4, -0.2) is 31.8 Å². The van der Waals surface area contributed by atoms with E-state index in [4.69, 9.17) is 9.47 Å². The van der Waals surface area contributed by atoms with Gasteiger partial charge in [0.1, 0.15) is 24.6 Å². The number of ether oxygens (including phenoxy) is 2. The molecule has 1 aliphatic carbocycles. The van der Waals surface area contributed by atoms with Gasteiger partial charge in [0.2, 0.25) is 0 Å². The molecular formula is C49H54BrF12NO2. The minimum Gasteiger partial charge on any atom is -1.00 e. The van der Waals surface area contributed by atoms with Crippen LogP contribution in [0.4, 0.5) is 52.7 Å². The Morgan fingerprint density at radius 1 is 0.508 bits per heavy atom. The van der Waals surface area contributed by atoms with Crippen molar-refractivity contribution in [3.05, 3.63) is 93.0 Å². The summed E-state index contributed by atoms with van der Waals surface area (Å²) < 4.78 is 188. The molecule has 0 saturated heterocycles. The van der Waals surface area contributed by atoms with E-state index in [0.717, 1.165) is 32.1 Å². The molecule has 0 unspecified atom stereocenters. The molecular weight excluding hydrogens is 942 g/mol. The molecule has 1 saturated carbocycles. The van der Waals surface area contributed by atoms with Crippen molar-refractivity contribution in [3.8, 4) is 44.9 Å². The van der Waals surface area contributed by atoms with E-state index in [-0.39, 0.29) is 81.3 Å². The third-order valence-corrected chi connectivity index (χ3v) is 13.2.